The lowest BCUT2D eigenvalue weighted by molar-refractivity contribution is -0.140. The maximum absolute atomic E-state index is 10.6. The van der Waals surface area contributed by atoms with Crippen LogP contribution in [-0.2, 0) is 13.9 Å². The summed E-state index contributed by atoms with van der Waals surface area (Å²) in [5.74, 6) is 0. The zero-order valence-electron chi connectivity index (χ0n) is 13.0. The number of methoxy groups -OCH3 is 1. The van der Waals surface area contributed by atoms with E-state index in [1.54, 1.807) is 7.11 Å². The average molecular weight is 288 g/mol. The third-order valence-corrected chi connectivity index (χ3v) is 9.57. The molecule has 0 aromatic heterocycles. The van der Waals surface area contributed by atoms with Crippen LogP contribution in [0.3, 0.4) is 0 Å². The van der Waals surface area contributed by atoms with Gasteiger partial charge in [-0.1, -0.05) is 20.8 Å². The van der Waals surface area contributed by atoms with Crippen molar-refractivity contribution < 1.29 is 19.0 Å². The minimum Gasteiger partial charge on any atom is -0.411 e. The van der Waals surface area contributed by atoms with Gasteiger partial charge in [0.05, 0.1) is 11.7 Å². The van der Waals surface area contributed by atoms with E-state index in [-0.39, 0.29) is 23.5 Å². The fourth-order valence-electron chi connectivity index (χ4n) is 2.78. The molecule has 1 aliphatic carbocycles. The van der Waals surface area contributed by atoms with E-state index < -0.39 is 13.9 Å². The fourth-order valence-corrected chi connectivity index (χ4v) is 4.13. The molecule has 0 aromatic rings. The lowest BCUT2D eigenvalue weighted by Gasteiger charge is -2.39. The molecular formula is C14H28O4Si. The van der Waals surface area contributed by atoms with Crippen LogP contribution < -0.4 is 0 Å². The number of ether oxygens (including phenoxy) is 2. The van der Waals surface area contributed by atoms with Crippen LogP contribution in [0.15, 0.2) is 0 Å². The topological polar surface area (TPSA) is 47.9 Å². The molecule has 2 aliphatic rings. The molecule has 4 nitrogen and oxygen atoms in total. The van der Waals surface area contributed by atoms with Gasteiger partial charge < -0.3 is 19.0 Å². The van der Waals surface area contributed by atoms with Crippen molar-refractivity contribution in [2.24, 2.45) is 0 Å². The molecule has 19 heavy (non-hydrogen) atoms. The Hall–Kier alpha value is 0.0569. The minimum absolute atomic E-state index is 0.00559. The van der Waals surface area contributed by atoms with E-state index in [2.05, 4.69) is 33.9 Å². The van der Waals surface area contributed by atoms with Crippen molar-refractivity contribution >= 4 is 8.32 Å². The Bertz CT molecular complexity index is 339. The Labute approximate surface area is 117 Å². The summed E-state index contributed by atoms with van der Waals surface area (Å²) in [5, 5.41) is 10.8. The summed E-state index contributed by atoms with van der Waals surface area (Å²) < 4.78 is 17.5. The van der Waals surface area contributed by atoms with Crippen LogP contribution in [0.4, 0.5) is 0 Å². The van der Waals surface area contributed by atoms with Gasteiger partial charge >= 0.3 is 0 Å². The van der Waals surface area contributed by atoms with Gasteiger partial charge in [-0.3, -0.25) is 0 Å². The minimum atomic E-state index is -1.83. The monoisotopic (exact) mass is 288 g/mol. The Kier molecular flexibility index (Phi) is 3.91. The van der Waals surface area contributed by atoms with E-state index in [4.69, 9.17) is 13.9 Å². The fraction of sp³-hybridized carbons (Fsp3) is 1.00. The molecule has 1 N–H and O–H groups in total. The summed E-state index contributed by atoms with van der Waals surface area (Å²) >= 11 is 0. The van der Waals surface area contributed by atoms with Gasteiger partial charge in [0.25, 0.3) is 0 Å². The van der Waals surface area contributed by atoms with E-state index >= 15 is 0 Å². The van der Waals surface area contributed by atoms with E-state index in [9.17, 15) is 5.11 Å². The summed E-state index contributed by atoms with van der Waals surface area (Å²) in [7, 11) is -0.203. The van der Waals surface area contributed by atoms with E-state index in [0.29, 0.717) is 6.42 Å². The second-order valence-corrected chi connectivity index (χ2v) is 12.2. The molecular weight excluding hydrogens is 260 g/mol. The zero-order chi connectivity index (χ0) is 14.5. The molecule has 1 unspecified atom stereocenters. The van der Waals surface area contributed by atoms with Crippen molar-refractivity contribution in [2.45, 2.75) is 82.3 Å². The van der Waals surface area contributed by atoms with E-state index in [0.717, 1.165) is 12.8 Å². The first-order valence-electron chi connectivity index (χ1n) is 7.17. The quantitative estimate of drug-likeness (QED) is 0.811. The Morgan fingerprint density at radius 1 is 1.32 bits per heavy atom. The maximum atomic E-state index is 10.6. The van der Waals surface area contributed by atoms with Gasteiger partial charge in [0.2, 0.25) is 0 Å². The predicted octanol–water partition coefficient (Wildman–Crippen LogP) is 2.66. The van der Waals surface area contributed by atoms with Crippen molar-refractivity contribution in [3.63, 3.8) is 0 Å². The van der Waals surface area contributed by atoms with Gasteiger partial charge in [-0.15, -0.1) is 0 Å². The molecule has 1 aliphatic heterocycles. The Balaban J connectivity index is 2.08. The molecule has 1 saturated carbocycles. The van der Waals surface area contributed by atoms with Crippen molar-refractivity contribution in [1.29, 1.82) is 0 Å². The van der Waals surface area contributed by atoms with Crippen LogP contribution in [0.5, 0.6) is 0 Å². The van der Waals surface area contributed by atoms with Crippen molar-refractivity contribution in [3.05, 3.63) is 0 Å². The molecule has 2 rings (SSSR count). The first-order chi connectivity index (χ1) is 8.59. The number of aliphatic hydroxyl groups is 1. The number of hydrogen-bond donors (Lipinski definition) is 1. The second-order valence-electron chi connectivity index (χ2n) is 7.48. The van der Waals surface area contributed by atoms with Crippen LogP contribution in [0.1, 0.15) is 40.0 Å². The van der Waals surface area contributed by atoms with Crippen molar-refractivity contribution in [1.82, 2.24) is 0 Å². The Morgan fingerprint density at radius 2 is 1.95 bits per heavy atom. The van der Waals surface area contributed by atoms with E-state index in [1.807, 2.05) is 0 Å². The predicted molar refractivity (Wildman–Crippen MR) is 76.5 cm³/mol. The average Bonchev–Trinajstić information content (AvgIpc) is 2.73. The van der Waals surface area contributed by atoms with Gasteiger partial charge in [0.1, 0.15) is 6.10 Å². The first-order valence-corrected chi connectivity index (χ1v) is 10.1. The van der Waals surface area contributed by atoms with Gasteiger partial charge in [0.15, 0.2) is 14.6 Å². The summed E-state index contributed by atoms with van der Waals surface area (Å²) in [5.41, 5.74) is -0.756. The highest BCUT2D eigenvalue weighted by Gasteiger charge is 2.57. The molecule has 1 saturated heterocycles. The SMILES string of the molecule is COC1C[C@@]2(O)CC[C@@H](O[Si](C)(C)C(C)(C)C)[C@H]2O1. The van der Waals surface area contributed by atoms with Gasteiger partial charge in [-0.05, 0) is 31.0 Å². The smallest absolute Gasteiger partial charge is 0.192 e. The molecule has 112 valence electrons. The lowest BCUT2D eigenvalue weighted by atomic mass is 9.98. The molecule has 5 heteroatoms. The summed E-state index contributed by atoms with van der Waals surface area (Å²) in [6.45, 7) is 11.2. The van der Waals surface area contributed by atoms with Crippen LogP contribution >= 0.6 is 0 Å². The molecule has 0 aromatic carbocycles. The van der Waals surface area contributed by atoms with E-state index in [1.165, 1.54) is 0 Å². The van der Waals surface area contributed by atoms with Crippen molar-refractivity contribution in [2.75, 3.05) is 7.11 Å². The molecule has 4 atom stereocenters. The third kappa shape index (κ3) is 2.76. The number of fused-ring (bicyclic) bond motifs is 1. The maximum Gasteiger partial charge on any atom is 0.192 e. The second kappa shape index (κ2) is 4.81. The molecule has 0 spiro atoms. The van der Waals surface area contributed by atoms with Gasteiger partial charge in [-0.2, -0.15) is 0 Å². The van der Waals surface area contributed by atoms with Crippen LogP contribution in [0, 0.1) is 0 Å². The number of rotatable bonds is 3. The number of hydrogen-bond acceptors (Lipinski definition) is 4. The highest BCUT2D eigenvalue weighted by Crippen LogP contribution is 2.47. The molecule has 2 fully saturated rings. The van der Waals surface area contributed by atoms with Crippen LogP contribution in [-0.4, -0.2) is 44.6 Å². The summed E-state index contributed by atoms with van der Waals surface area (Å²) in [4.78, 5) is 0. The highest BCUT2D eigenvalue weighted by atomic mass is 28.4. The summed E-state index contributed by atoms with van der Waals surface area (Å²) in [6.07, 6.45) is 1.67. The third-order valence-electron chi connectivity index (χ3n) is 5.06. The lowest BCUT2D eigenvalue weighted by Crippen LogP contribution is -2.48. The zero-order valence-corrected chi connectivity index (χ0v) is 14.0. The largest absolute Gasteiger partial charge is 0.411 e. The molecule has 0 radical (unpaired) electrons. The normalized spacial score (nSPS) is 39.6. The molecule has 0 bridgehead atoms. The standard InChI is InChI=1S/C14H28O4Si/c1-13(2,3)19(5,6)18-10-7-8-14(15)9-11(16-4)17-12(10)14/h10-12,15H,7-9H2,1-6H3/t10-,11?,12-,14+/m1/s1. The first kappa shape index (κ1) is 15.4. The van der Waals surface area contributed by atoms with Gasteiger partial charge in [0, 0.05) is 13.5 Å². The summed E-state index contributed by atoms with van der Waals surface area (Å²) in [6, 6.07) is 0. The Morgan fingerprint density at radius 3 is 2.47 bits per heavy atom. The van der Waals surface area contributed by atoms with Crippen LogP contribution in [0.2, 0.25) is 18.1 Å². The molecule has 0 amide bonds. The highest BCUT2D eigenvalue weighted by molar-refractivity contribution is 6.74. The molecule has 1 heterocycles. The van der Waals surface area contributed by atoms with Crippen molar-refractivity contribution in [3.8, 4) is 0 Å². The van der Waals surface area contributed by atoms with Crippen LogP contribution in [0.25, 0.3) is 0 Å². The van der Waals surface area contributed by atoms with Gasteiger partial charge in [-0.25, -0.2) is 0 Å².